The Bertz CT molecular complexity index is 544. The quantitative estimate of drug-likeness (QED) is 0.528. The van der Waals surface area contributed by atoms with E-state index in [9.17, 15) is 9.59 Å². The number of hydrogen-bond acceptors (Lipinski definition) is 4. The van der Waals surface area contributed by atoms with E-state index in [-0.39, 0.29) is 11.4 Å². The molecule has 0 atom stereocenters. The largest absolute Gasteiger partial charge is 0.373 e. The highest BCUT2D eigenvalue weighted by Gasteiger charge is 2.16. The van der Waals surface area contributed by atoms with E-state index >= 15 is 0 Å². The molecule has 0 radical (unpaired) electrons. The predicted molar refractivity (Wildman–Crippen MR) is 69.7 cm³/mol. The van der Waals surface area contributed by atoms with Gasteiger partial charge in [0.1, 0.15) is 11.9 Å². The van der Waals surface area contributed by atoms with Crippen molar-refractivity contribution in [2.45, 2.75) is 0 Å². The summed E-state index contributed by atoms with van der Waals surface area (Å²) in [7, 11) is 2.92. The summed E-state index contributed by atoms with van der Waals surface area (Å²) in [6.45, 7) is 0. The van der Waals surface area contributed by atoms with Gasteiger partial charge in [-0.3, -0.25) is 9.59 Å². The number of amides is 2. The number of nitrogens with one attached hydrogen (secondary N) is 3. The molecule has 19 heavy (non-hydrogen) atoms. The van der Waals surface area contributed by atoms with Crippen LogP contribution in [-0.2, 0) is 4.79 Å². The van der Waals surface area contributed by atoms with E-state index in [1.807, 2.05) is 0 Å². The fourth-order valence-electron chi connectivity index (χ4n) is 1.37. The number of carbonyl (C=O) groups excluding carboxylic acids is 2. The Morgan fingerprint density at radius 3 is 2.21 bits per heavy atom. The molecule has 98 valence electrons. The van der Waals surface area contributed by atoms with Crippen LogP contribution in [0.4, 0.5) is 0 Å². The molecule has 2 amide bonds. The maximum Gasteiger partial charge on any atom is 0.265 e. The third kappa shape index (κ3) is 3.57. The van der Waals surface area contributed by atoms with Crippen LogP contribution in [-0.4, -0.2) is 25.9 Å². The van der Waals surface area contributed by atoms with Gasteiger partial charge in [0.2, 0.25) is 0 Å². The van der Waals surface area contributed by atoms with E-state index in [0.29, 0.717) is 5.56 Å². The second-order valence-corrected chi connectivity index (χ2v) is 3.51. The molecule has 1 rings (SSSR count). The van der Waals surface area contributed by atoms with Gasteiger partial charge in [-0.25, -0.2) is 0 Å². The first kappa shape index (κ1) is 14.3. The molecule has 6 nitrogen and oxygen atoms in total. The molecule has 0 aliphatic carbocycles. The maximum absolute atomic E-state index is 11.9. The minimum Gasteiger partial charge on any atom is -0.373 e. The second-order valence-electron chi connectivity index (χ2n) is 3.51. The number of hydrogen-bond donors (Lipinski definition) is 3. The smallest absolute Gasteiger partial charge is 0.265 e. The van der Waals surface area contributed by atoms with Crippen LogP contribution in [0.5, 0.6) is 0 Å². The van der Waals surface area contributed by atoms with Crippen LogP contribution >= 0.6 is 0 Å². The van der Waals surface area contributed by atoms with Gasteiger partial charge in [0.25, 0.3) is 11.8 Å². The molecule has 0 aliphatic heterocycles. The summed E-state index contributed by atoms with van der Waals surface area (Å²) in [4.78, 5) is 23.4. The molecule has 6 heteroatoms. The van der Waals surface area contributed by atoms with Crippen LogP contribution in [0.25, 0.3) is 0 Å². The molecular weight excluding hydrogens is 244 g/mol. The van der Waals surface area contributed by atoms with Crippen molar-refractivity contribution in [3.05, 3.63) is 47.3 Å². The number of rotatable bonds is 4. The third-order valence-electron chi connectivity index (χ3n) is 2.34. The van der Waals surface area contributed by atoms with Crippen molar-refractivity contribution in [2.24, 2.45) is 0 Å². The molecule has 3 N–H and O–H groups in total. The van der Waals surface area contributed by atoms with E-state index in [4.69, 9.17) is 5.26 Å². The Labute approximate surface area is 111 Å². The molecule has 0 aliphatic rings. The van der Waals surface area contributed by atoms with Gasteiger partial charge in [0.15, 0.2) is 5.57 Å². The first-order chi connectivity index (χ1) is 9.13. The molecule has 0 fully saturated rings. The minimum atomic E-state index is -0.569. The summed E-state index contributed by atoms with van der Waals surface area (Å²) < 4.78 is 0. The van der Waals surface area contributed by atoms with Gasteiger partial charge < -0.3 is 16.0 Å². The zero-order chi connectivity index (χ0) is 14.3. The van der Waals surface area contributed by atoms with Crippen LogP contribution in [0.3, 0.4) is 0 Å². The van der Waals surface area contributed by atoms with Crippen molar-refractivity contribution >= 4 is 11.8 Å². The molecule has 0 spiro atoms. The lowest BCUT2D eigenvalue weighted by molar-refractivity contribution is -0.116. The van der Waals surface area contributed by atoms with Gasteiger partial charge in [-0.1, -0.05) is 18.2 Å². The highest BCUT2D eigenvalue weighted by Crippen LogP contribution is 2.02. The molecule has 1 aromatic rings. The Hall–Kier alpha value is -2.81. The summed E-state index contributed by atoms with van der Waals surface area (Å²) in [6.07, 6.45) is 0. The molecule has 0 aromatic heterocycles. The summed E-state index contributed by atoms with van der Waals surface area (Å²) in [5, 5.41) is 16.4. The van der Waals surface area contributed by atoms with Crippen LogP contribution in [0.15, 0.2) is 41.7 Å². The molecule has 0 saturated heterocycles. The third-order valence-corrected chi connectivity index (χ3v) is 2.34. The Balaban J connectivity index is 3.00. The molecule has 0 bridgehead atoms. The molecule has 0 saturated carbocycles. The Morgan fingerprint density at radius 1 is 1.11 bits per heavy atom. The zero-order valence-corrected chi connectivity index (χ0v) is 10.7. The number of carbonyl (C=O) groups is 2. The van der Waals surface area contributed by atoms with E-state index < -0.39 is 11.8 Å². The van der Waals surface area contributed by atoms with Crippen molar-refractivity contribution < 1.29 is 9.59 Å². The number of likely N-dealkylation sites (N-methyl/N-ethyl adjacent to an activating group) is 1. The fourth-order valence-corrected chi connectivity index (χ4v) is 1.37. The van der Waals surface area contributed by atoms with Crippen molar-refractivity contribution in [2.75, 3.05) is 14.1 Å². The molecule has 0 heterocycles. The normalized spacial score (nSPS) is 10.8. The Kier molecular flexibility index (Phi) is 5.11. The average Bonchev–Trinajstić information content (AvgIpc) is 2.47. The second kappa shape index (κ2) is 6.81. The number of nitriles is 1. The molecule has 1 aromatic carbocycles. The minimum absolute atomic E-state index is 0.0655. The average molecular weight is 258 g/mol. The number of benzene rings is 1. The molecular formula is C13H14N4O2. The van der Waals surface area contributed by atoms with Crippen LogP contribution < -0.4 is 16.0 Å². The van der Waals surface area contributed by atoms with Gasteiger partial charge in [0, 0.05) is 19.7 Å². The van der Waals surface area contributed by atoms with Gasteiger partial charge in [-0.2, -0.15) is 5.26 Å². The molecule has 0 unspecified atom stereocenters. The fraction of sp³-hybridized carbons (Fsp3) is 0.154. The van der Waals surface area contributed by atoms with Crippen molar-refractivity contribution in [3.8, 4) is 6.07 Å². The van der Waals surface area contributed by atoms with Gasteiger partial charge in [0.05, 0.1) is 0 Å². The lowest BCUT2D eigenvalue weighted by Gasteiger charge is -2.11. The first-order valence-electron chi connectivity index (χ1n) is 5.54. The van der Waals surface area contributed by atoms with Crippen molar-refractivity contribution in [1.29, 1.82) is 5.26 Å². The number of nitrogens with zero attached hydrogens (tertiary/aromatic N) is 1. The first-order valence-corrected chi connectivity index (χ1v) is 5.54. The SMILES string of the molecule is CNC(=O)/C(C#N)=C(\NC)NC(=O)c1ccccc1. The van der Waals surface area contributed by atoms with Crippen LogP contribution in [0.2, 0.25) is 0 Å². The summed E-state index contributed by atoms with van der Waals surface area (Å²) in [5.41, 5.74) is 0.249. The lowest BCUT2D eigenvalue weighted by atomic mass is 10.2. The maximum atomic E-state index is 11.9. The van der Waals surface area contributed by atoms with Gasteiger partial charge in [-0.15, -0.1) is 0 Å². The Morgan fingerprint density at radius 2 is 1.74 bits per heavy atom. The summed E-state index contributed by atoms with van der Waals surface area (Å²) in [5.74, 6) is -0.905. The summed E-state index contributed by atoms with van der Waals surface area (Å²) in [6, 6.07) is 10.3. The van der Waals surface area contributed by atoms with E-state index in [1.54, 1.807) is 36.4 Å². The standard InChI is InChI=1S/C13H14N4O2/c1-15-11(10(8-14)13(19)16-2)17-12(18)9-6-4-3-5-7-9/h3-7,15H,1-2H3,(H,16,19)(H,17,18)/b11-10+. The van der Waals surface area contributed by atoms with Gasteiger partial charge >= 0.3 is 0 Å². The van der Waals surface area contributed by atoms with E-state index in [1.165, 1.54) is 14.1 Å². The highest BCUT2D eigenvalue weighted by atomic mass is 16.2. The summed E-state index contributed by atoms with van der Waals surface area (Å²) >= 11 is 0. The van der Waals surface area contributed by atoms with Gasteiger partial charge in [-0.05, 0) is 12.1 Å². The van der Waals surface area contributed by atoms with Crippen molar-refractivity contribution in [3.63, 3.8) is 0 Å². The lowest BCUT2D eigenvalue weighted by Crippen LogP contribution is -2.34. The van der Waals surface area contributed by atoms with E-state index in [0.717, 1.165) is 0 Å². The van der Waals surface area contributed by atoms with Crippen LogP contribution in [0, 0.1) is 11.3 Å². The monoisotopic (exact) mass is 258 g/mol. The zero-order valence-electron chi connectivity index (χ0n) is 10.7. The van der Waals surface area contributed by atoms with Crippen molar-refractivity contribution in [1.82, 2.24) is 16.0 Å². The van der Waals surface area contributed by atoms with E-state index in [2.05, 4.69) is 16.0 Å². The predicted octanol–water partition coefficient (Wildman–Crippen LogP) is 0.117. The topological polar surface area (TPSA) is 94.0 Å². The van der Waals surface area contributed by atoms with Crippen LogP contribution in [0.1, 0.15) is 10.4 Å². The highest BCUT2D eigenvalue weighted by molar-refractivity contribution is 6.00.